The third-order valence-electron chi connectivity index (χ3n) is 3.34. The number of likely N-dealkylation sites (N-methyl/N-ethyl adjacent to an activating group) is 1. The molecule has 19 heavy (non-hydrogen) atoms. The van der Waals surface area contributed by atoms with Crippen molar-refractivity contribution in [2.75, 3.05) is 19.7 Å². The molecule has 1 saturated carbocycles. The Morgan fingerprint density at radius 1 is 1.53 bits per heavy atom. The number of carbonyl (C=O) groups is 1. The fraction of sp³-hybridized carbons (Fsp3) is 0.500. The van der Waals surface area contributed by atoms with Crippen molar-refractivity contribution in [3.63, 3.8) is 0 Å². The summed E-state index contributed by atoms with van der Waals surface area (Å²) in [4.78, 5) is 13.8. The first kappa shape index (κ1) is 13.8. The predicted molar refractivity (Wildman–Crippen MR) is 73.9 cm³/mol. The van der Waals surface area contributed by atoms with Gasteiger partial charge >= 0.3 is 0 Å². The third kappa shape index (κ3) is 3.94. The number of nitrogen functional groups attached to an aromatic ring is 1. The summed E-state index contributed by atoms with van der Waals surface area (Å²) in [6.07, 6.45) is 2.61. The van der Waals surface area contributed by atoms with Crippen LogP contribution in [0.5, 0.6) is 5.75 Å². The number of nitrogens with two attached hydrogens (primary N) is 1. The number of nitrogens with zero attached hydrogens (tertiary/aromatic N) is 1. The largest absolute Gasteiger partial charge is 0.492 e. The molecule has 0 unspecified atom stereocenters. The molecule has 0 aliphatic heterocycles. The normalized spacial score (nSPS) is 14.5. The SMILES string of the molecule is CCN(CCOc1cccc(C(=O)NN)c1)C1CC1. The molecule has 1 aromatic carbocycles. The van der Waals surface area contributed by atoms with Crippen LogP contribution in [0.1, 0.15) is 30.1 Å². The van der Waals surface area contributed by atoms with Crippen LogP contribution < -0.4 is 16.0 Å². The monoisotopic (exact) mass is 263 g/mol. The van der Waals surface area contributed by atoms with E-state index in [1.165, 1.54) is 12.8 Å². The van der Waals surface area contributed by atoms with Crippen LogP contribution in [0.25, 0.3) is 0 Å². The van der Waals surface area contributed by atoms with E-state index in [0.29, 0.717) is 17.9 Å². The highest BCUT2D eigenvalue weighted by molar-refractivity contribution is 5.94. The molecule has 1 aliphatic rings. The zero-order valence-electron chi connectivity index (χ0n) is 11.3. The second-order valence-electron chi connectivity index (χ2n) is 4.71. The fourth-order valence-electron chi connectivity index (χ4n) is 2.13. The van der Waals surface area contributed by atoms with Crippen molar-refractivity contribution in [2.45, 2.75) is 25.8 Å². The molecule has 5 nitrogen and oxygen atoms in total. The maximum Gasteiger partial charge on any atom is 0.265 e. The van der Waals surface area contributed by atoms with Crippen molar-refractivity contribution in [2.24, 2.45) is 5.84 Å². The average Bonchev–Trinajstić information content (AvgIpc) is 3.27. The van der Waals surface area contributed by atoms with Crippen molar-refractivity contribution >= 4 is 5.91 Å². The first-order chi connectivity index (χ1) is 9.24. The lowest BCUT2D eigenvalue weighted by Crippen LogP contribution is -2.30. The van der Waals surface area contributed by atoms with Gasteiger partial charge in [0, 0.05) is 18.2 Å². The highest BCUT2D eigenvalue weighted by Crippen LogP contribution is 2.26. The molecule has 1 aromatic rings. The van der Waals surface area contributed by atoms with Gasteiger partial charge in [-0.3, -0.25) is 15.1 Å². The second kappa shape index (κ2) is 6.54. The molecule has 5 heteroatoms. The molecule has 1 amide bonds. The van der Waals surface area contributed by atoms with E-state index in [1.807, 2.05) is 6.07 Å². The first-order valence-corrected chi connectivity index (χ1v) is 6.72. The van der Waals surface area contributed by atoms with Crippen molar-refractivity contribution < 1.29 is 9.53 Å². The van der Waals surface area contributed by atoms with Crippen molar-refractivity contribution in [1.29, 1.82) is 0 Å². The molecule has 0 atom stereocenters. The van der Waals surface area contributed by atoms with E-state index in [4.69, 9.17) is 10.6 Å². The van der Waals surface area contributed by atoms with E-state index in [-0.39, 0.29) is 5.91 Å². The van der Waals surface area contributed by atoms with Gasteiger partial charge in [-0.2, -0.15) is 0 Å². The maximum atomic E-state index is 11.4. The van der Waals surface area contributed by atoms with Crippen LogP contribution in [0.15, 0.2) is 24.3 Å². The number of ether oxygens (including phenoxy) is 1. The summed E-state index contributed by atoms with van der Waals surface area (Å²) < 4.78 is 5.69. The number of benzene rings is 1. The Balaban J connectivity index is 1.83. The second-order valence-corrected chi connectivity index (χ2v) is 4.71. The molecule has 0 aromatic heterocycles. The molecule has 2 rings (SSSR count). The number of hydrazine groups is 1. The summed E-state index contributed by atoms with van der Waals surface area (Å²) in [5, 5.41) is 0. The molecule has 1 fully saturated rings. The molecule has 3 N–H and O–H groups in total. The standard InChI is InChI=1S/C14H21N3O2/c1-2-17(12-6-7-12)8-9-19-13-5-3-4-11(10-13)14(18)16-15/h3-5,10,12H,2,6-9,15H2,1H3,(H,16,18). The Bertz CT molecular complexity index is 432. The van der Waals surface area contributed by atoms with Gasteiger partial charge < -0.3 is 4.74 Å². The Morgan fingerprint density at radius 3 is 2.95 bits per heavy atom. The van der Waals surface area contributed by atoms with E-state index >= 15 is 0 Å². The van der Waals surface area contributed by atoms with Gasteiger partial charge in [-0.05, 0) is 37.6 Å². The smallest absolute Gasteiger partial charge is 0.265 e. The van der Waals surface area contributed by atoms with E-state index in [0.717, 1.165) is 19.1 Å². The fourth-order valence-corrected chi connectivity index (χ4v) is 2.13. The number of hydrogen-bond donors (Lipinski definition) is 2. The summed E-state index contributed by atoms with van der Waals surface area (Å²) in [7, 11) is 0. The predicted octanol–water partition coefficient (Wildman–Crippen LogP) is 1.15. The average molecular weight is 263 g/mol. The minimum Gasteiger partial charge on any atom is -0.492 e. The van der Waals surface area contributed by atoms with Crippen LogP contribution in [-0.2, 0) is 0 Å². The molecule has 0 radical (unpaired) electrons. The van der Waals surface area contributed by atoms with Crippen LogP contribution in [-0.4, -0.2) is 36.5 Å². The van der Waals surface area contributed by atoms with Crippen LogP contribution in [0.3, 0.4) is 0 Å². The van der Waals surface area contributed by atoms with Crippen molar-refractivity contribution in [3.8, 4) is 5.75 Å². The lowest BCUT2D eigenvalue weighted by Gasteiger charge is -2.19. The van der Waals surface area contributed by atoms with Gasteiger partial charge in [0.05, 0.1) is 0 Å². The number of nitrogens with one attached hydrogen (secondary N) is 1. The molecular formula is C14H21N3O2. The Morgan fingerprint density at radius 2 is 2.32 bits per heavy atom. The molecular weight excluding hydrogens is 242 g/mol. The minimum absolute atomic E-state index is 0.307. The summed E-state index contributed by atoms with van der Waals surface area (Å²) in [6, 6.07) is 7.80. The van der Waals surface area contributed by atoms with Crippen LogP contribution >= 0.6 is 0 Å². The zero-order chi connectivity index (χ0) is 13.7. The van der Waals surface area contributed by atoms with Gasteiger partial charge in [0.15, 0.2) is 0 Å². The van der Waals surface area contributed by atoms with Gasteiger partial charge in [-0.15, -0.1) is 0 Å². The summed E-state index contributed by atoms with van der Waals surface area (Å²) in [6.45, 7) is 4.79. The lowest BCUT2D eigenvalue weighted by atomic mass is 10.2. The molecule has 0 bridgehead atoms. The maximum absolute atomic E-state index is 11.4. The quantitative estimate of drug-likeness (QED) is 0.440. The number of hydrogen-bond acceptors (Lipinski definition) is 4. The van der Waals surface area contributed by atoms with E-state index < -0.39 is 0 Å². The first-order valence-electron chi connectivity index (χ1n) is 6.72. The highest BCUT2D eigenvalue weighted by Gasteiger charge is 2.27. The zero-order valence-corrected chi connectivity index (χ0v) is 11.3. The topological polar surface area (TPSA) is 67.6 Å². The van der Waals surface area contributed by atoms with Gasteiger partial charge in [-0.25, -0.2) is 5.84 Å². The molecule has 1 aliphatic carbocycles. The number of rotatable bonds is 7. The number of amides is 1. The summed E-state index contributed by atoms with van der Waals surface area (Å²) in [5.41, 5.74) is 2.62. The highest BCUT2D eigenvalue weighted by atomic mass is 16.5. The van der Waals surface area contributed by atoms with Gasteiger partial charge in [0.25, 0.3) is 5.91 Å². The minimum atomic E-state index is -0.307. The van der Waals surface area contributed by atoms with Crippen LogP contribution in [0.2, 0.25) is 0 Å². The Hall–Kier alpha value is -1.59. The summed E-state index contributed by atoms with van der Waals surface area (Å²) >= 11 is 0. The molecule has 0 heterocycles. The van der Waals surface area contributed by atoms with E-state index in [2.05, 4.69) is 17.2 Å². The summed E-state index contributed by atoms with van der Waals surface area (Å²) in [5.74, 6) is 5.50. The van der Waals surface area contributed by atoms with Gasteiger partial charge in [0.2, 0.25) is 0 Å². The van der Waals surface area contributed by atoms with Crippen LogP contribution in [0, 0.1) is 0 Å². The van der Waals surface area contributed by atoms with Gasteiger partial charge in [-0.1, -0.05) is 13.0 Å². The lowest BCUT2D eigenvalue weighted by molar-refractivity contribution is 0.0953. The molecule has 104 valence electrons. The van der Waals surface area contributed by atoms with E-state index in [9.17, 15) is 4.79 Å². The van der Waals surface area contributed by atoms with Crippen molar-refractivity contribution in [3.05, 3.63) is 29.8 Å². The molecule has 0 spiro atoms. The Kier molecular flexibility index (Phi) is 4.76. The third-order valence-corrected chi connectivity index (χ3v) is 3.34. The van der Waals surface area contributed by atoms with E-state index in [1.54, 1.807) is 18.2 Å². The number of carbonyl (C=O) groups excluding carboxylic acids is 1. The molecule has 0 saturated heterocycles. The van der Waals surface area contributed by atoms with Crippen LogP contribution in [0.4, 0.5) is 0 Å². The van der Waals surface area contributed by atoms with Crippen molar-refractivity contribution in [1.82, 2.24) is 10.3 Å². The Labute approximate surface area is 113 Å². The van der Waals surface area contributed by atoms with Gasteiger partial charge in [0.1, 0.15) is 12.4 Å².